The lowest BCUT2D eigenvalue weighted by molar-refractivity contribution is 0.156. The molecule has 0 spiro atoms. The largest absolute Gasteiger partial charge is 0.468 e. The number of furan rings is 1. The molecular formula is C12H21N3O. The Morgan fingerprint density at radius 1 is 1.56 bits per heavy atom. The molecule has 2 heterocycles. The summed E-state index contributed by atoms with van der Waals surface area (Å²) in [6.45, 7) is 3.73. The van der Waals surface area contributed by atoms with Gasteiger partial charge in [0.2, 0.25) is 0 Å². The van der Waals surface area contributed by atoms with E-state index in [4.69, 9.17) is 10.2 Å². The van der Waals surface area contributed by atoms with Gasteiger partial charge in [0.15, 0.2) is 0 Å². The van der Waals surface area contributed by atoms with Crippen LogP contribution in [-0.4, -0.2) is 49.1 Å². The van der Waals surface area contributed by atoms with Gasteiger partial charge in [-0.15, -0.1) is 0 Å². The molecule has 1 unspecified atom stereocenters. The maximum Gasteiger partial charge on any atom is 0.117 e. The van der Waals surface area contributed by atoms with Gasteiger partial charge in [-0.05, 0) is 32.6 Å². The van der Waals surface area contributed by atoms with Crippen molar-refractivity contribution >= 4 is 0 Å². The molecule has 16 heavy (non-hydrogen) atoms. The molecule has 1 saturated heterocycles. The van der Waals surface area contributed by atoms with Crippen molar-refractivity contribution in [1.82, 2.24) is 9.80 Å². The highest BCUT2D eigenvalue weighted by Gasteiger charge is 2.38. The van der Waals surface area contributed by atoms with Gasteiger partial charge in [0.25, 0.3) is 0 Å². The Morgan fingerprint density at radius 2 is 2.38 bits per heavy atom. The van der Waals surface area contributed by atoms with Crippen molar-refractivity contribution in [3.63, 3.8) is 0 Å². The average Bonchev–Trinajstić information content (AvgIpc) is 2.88. The first-order chi connectivity index (χ1) is 7.66. The number of hydrogen-bond donors (Lipinski definition) is 1. The fraction of sp³-hybridized carbons (Fsp3) is 0.667. The normalized spacial score (nSPS) is 26.8. The predicted octanol–water partition coefficient (Wildman–Crippen LogP) is 0.744. The van der Waals surface area contributed by atoms with Crippen molar-refractivity contribution in [1.29, 1.82) is 0 Å². The zero-order valence-corrected chi connectivity index (χ0v) is 10.1. The van der Waals surface area contributed by atoms with Crippen molar-refractivity contribution in [2.45, 2.75) is 18.5 Å². The van der Waals surface area contributed by atoms with E-state index in [1.165, 1.54) is 0 Å². The van der Waals surface area contributed by atoms with Gasteiger partial charge < -0.3 is 15.1 Å². The second kappa shape index (κ2) is 4.57. The van der Waals surface area contributed by atoms with Crippen molar-refractivity contribution < 1.29 is 4.42 Å². The van der Waals surface area contributed by atoms with Gasteiger partial charge in [-0.2, -0.15) is 0 Å². The Kier molecular flexibility index (Phi) is 3.33. The van der Waals surface area contributed by atoms with E-state index in [9.17, 15) is 0 Å². The molecule has 1 aromatic rings. The lowest BCUT2D eigenvalue weighted by Crippen LogP contribution is -2.52. The Bertz CT molecular complexity index is 323. The van der Waals surface area contributed by atoms with Crippen molar-refractivity contribution in [2.75, 3.05) is 33.7 Å². The lowest BCUT2D eigenvalue weighted by atomic mass is 9.97. The highest BCUT2D eigenvalue weighted by molar-refractivity contribution is 5.02. The summed E-state index contributed by atoms with van der Waals surface area (Å²) in [6, 6.07) is 3.96. The maximum absolute atomic E-state index is 5.91. The molecule has 2 rings (SSSR count). The third-order valence-electron chi connectivity index (χ3n) is 3.70. The van der Waals surface area contributed by atoms with Gasteiger partial charge in [-0.25, -0.2) is 0 Å². The fourth-order valence-corrected chi connectivity index (χ4v) is 2.41. The Balaban J connectivity index is 1.97. The zero-order valence-electron chi connectivity index (χ0n) is 10.1. The molecule has 1 atom stereocenters. The van der Waals surface area contributed by atoms with E-state index in [1.54, 1.807) is 6.26 Å². The minimum absolute atomic E-state index is 0.145. The summed E-state index contributed by atoms with van der Waals surface area (Å²) in [5.74, 6) is 1.03. The third kappa shape index (κ3) is 2.14. The monoisotopic (exact) mass is 223 g/mol. The SMILES string of the molecule is CN(C)C1(CN)CCN(Cc2ccco2)C1. The molecule has 0 radical (unpaired) electrons. The standard InChI is InChI=1S/C12H21N3O/c1-14(2)12(9-13)5-6-15(10-12)8-11-4-3-7-16-11/h3-4,7H,5-6,8-10,13H2,1-2H3. The van der Waals surface area contributed by atoms with Crippen LogP contribution in [0.5, 0.6) is 0 Å². The summed E-state index contributed by atoms with van der Waals surface area (Å²) >= 11 is 0. The summed E-state index contributed by atoms with van der Waals surface area (Å²) < 4.78 is 5.37. The molecule has 1 aliphatic heterocycles. The molecule has 4 nitrogen and oxygen atoms in total. The van der Waals surface area contributed by atoms with Crippen LogP contribution in [0.1, 0.15) is 12.2 Å². The van der Waals surface area contributed by atoms with Crippen LogP contribution in [0, 0.1) is 0 Å². The van der Waals surface area contributed by atoms with Crippen molar-refractivity contribution in [3.8, 4) is 0 Å². The third-order valence-corrected chi connectivity index (χ3v) is 3.70. The molecule has 2 N–H and O–H groups in total. The molecule has 0 amide bonds. The Morgan fingerprint density at radius 3 is 2.88 bits per heavy atom. The summed E-state index contributed by atoms with van der Waals surface area (Å²) in [4.78, 5) is 4.67. The minimum atomic E-state index is 0.145. The number of likely N-dealkylation sites (N-methyl/N-ethyl adjacent to an activating group) is 1. The Labute approximate surface area is 97.0 Å². The molecule has 0 saturated carbocycles. The van der Waals surface area contributed by atoms with Crippen LogP contribution < -0.4 is 5.73 Å². The smallest absolute Gasteiger partial charge is 0.117 e. The molecule has 0 aromatic carbocycles. The van der Waals surface area contributed by atoms with Gasteiger partial charge >= 0.3 is 0 Å². The second-order valence-electron chi connectivity index (χ2n) is 4.86. The zero-order chi connectivity index (χ0) is 11.6. The number of rotatable bonds is 4. The predicted molar refractivity (Wildman–Crippen MR) is 64.1 cm³/mol. The van der Waals surface area contributed by atoms with Crippen LogP contribution in [0.3, 0.4) is 0 Å². The van der Waals surface area contributed by atoms with Crippen LogP contribution >= 0.6 is 0 Å². The molecule has 0 aliphatic carbocycles. The molecular weight excluding hydrogens is 202 g/mol. The van der Waals surface area contributed by atoms with Crippen molar-refractivity contribution in [2.24, 2.45) is 5.73 Å². The Hall–Kier alpha value is -0.840. The van der Waals surface area contributed by atoms with Gasteiger partial charge in [0.1, 0.15) is 5.76 Å². The summed E-state index contributed by atoms with van der Waals surface area (Å²) in [5, 5.41) is 0. The first-order valence-corrected chi connectivity index (χ1v) is 5.78. The van der Waals surface area contributed by atoms with Gasteiger partial charge in [-0.3, -0.25) is 4.90 Å². The topological polar surface area (TPSA) is 45.6 Å². The first kappa shape index (κ1) is 11.6. The quantitative estimate of drug-likeness (QED) is 0.818. The van der Waals surface area contributed by atoms with E-state index in [2.05, 4.69) is 23.9 Å². The van der Waals surface area contributed by atoms with Crippen LogP contribution in [0.4, 0.5) is 0 Å². The molecule has 4 heteroatoms. The van der Waals surface area contributed by atoms with Gasteiger partial charge in [0.05, 0.1) is 12.8 Å². The van der Waals surface area contributed by atoms with Crippen LogP contribution in [-0.2, 0) is 6.54 Å². The van der Waals surface area contributed by atoms with E-state index in [-0.39, 0.29) is 5.54 Å². The average molecular weight is 223 g/mol. The molecule has 90 valence electrons. The number of likely N-dealkylation sites (tertiary alicyclic amines) is 1. The van der Waals surface area contributed by atoms with Gasteiger partial charge in [-0.1, -0.05) is 0 Å². The molecule has 1 fully saturated rings. The van der Waals surface area contributed by atoms with Crippen LogP contribution in [0.25, 0.3) is 0 Å². The minimum Gasteiger partial charge on any atom is -0.468 e. The highest BCUT2D eigenvalue weighted by Crippen LogP contribution is 2.26. The van der Waals surface area contributed by atoms with E-state index in [0.29, 0.717) is 6.54 Å². The maximum atomic E-state index is 5.91. The van der Waals surface area contributed by atoms with E-state index in [0.717, 1.165) is 31.8 Å². The summed E-state index contributed by atoms with van der Waals surface area (Å²) in [6.07, 6.45) is 2.87. The summed E-state index contributed by atoms with van der Waals surface area (Å²) in [7, 11) is 4.23. The van der Waals surface area contributed by atoms with E-state index in [1.807, 2.05) is 12.1 Å². The van der Waals surface area contributed by atoms with E-state index >= 15 is 0 Å². The first-order valence-electron chi connectivity index (χ1n) is 5.78. The molecule has 1 aliphatic rings. The molecule has 0 bridgehead atoms. The summed E-state index contributed by atoms with van der Waals surface area (Å²) in [5.41, 5.74) is 6.06. The number of hydrogen-bond acceptors (Lipinski definition) is 4. The van der Waals surface area contributed by atoms with Crippen molar-refractivity contribution in [3.05, 3.63) is 24.2 Å². The van der Waals surface area contributed by atoms with E-state index < -0.39 is 0 Å². The fourth-order valence-electron chi connectivity index (χ4n) is 2.41. The van der Waals surface area contributed by atoms with Crippen LogP contribution in [0.2, 0.25) is 0 Å². The van der Waals surface area contributed by atoms with Gasteiger partial charge in [0, 0.05) is 25.2 Å². The number of nitrogens with two attached hydrogens (primary N) is 1. The highest BCUT2D eigenvalue weighted by atomic mass is 16.3. The second-order valence-corrected chi connectivity index (χ2v) is 4.86. The lowest BCUT2D eigenvalue weighted by Gasteiger charge is -2.35. The molecule has 1 aromatic heterocycles. The number of nitrogens with zero attached hydrogens (tertiary/aromatic N) is 2. The van der Waals surface area contributed by atoms with Crippen LogP contribution in [0.15, 0.2) is 22.8 Å².